The summed E-state index contributed by atoms with van der Waals surface area (Å²) in [5.41, 5.74) is 0.516. The van der Waals surface area contributed by atoms with Crippen LogP contribution in [0.25, 0.3) is 0 Å². The maximum Gasteiger partial charge on any atom is 0.573 e. The van der Waals surface area contributed by atoms with E-state index in [1.165, 1.54) is 27.9 Å². The van der Waals surface area contributed by atoms with Crippen molar-refractivity contribution in [1.29, 1.82) is 0 Å². The number of benzene rings is 1. The van der Waals surface area contributed by atoms with E-state index in [0.29, 0.717) is 12.2 Å². The lowest BCUT2D eigenvalue weighted by Crippen LogP contribution is -2.47. The summed E-state index contributed by atoms with van der Waals surface area (Å²) < 4.78 is 47.1. The molecule has 0 bridgehead atoms. The number of ether oxygens (including phenoxy) is 2. The van der Waals surface area contributed by atoms with E-state index in [0.717, 1.165) is 12.1 Å². The molecule has 144 valence electrons. The summed E-state index contributed by atoms with van der Waals surface area (Å²) in [7, 11) is 0. The molecule has 1 amide bonds. The van der Waals surface area contributed by atoms with Gasteiger partial charge in [-0.1, -0.05) is 0 Å². The number of esters is 1. The molecular formula is C17H16F3N3O4. The minimum Gasteiger partial charge on any atom is -0.462 e. The van der Waals surface area contributed by atoms with Gasteiger partial charge in [0.15, 0.2) is 0 Å². The molecule has 0 fully saturated rings. The van der Waals surface area contributed by atoms with Crippen molar-refractivity contribution < 1.29 is 32.2 Å². The van der Waals surface area contributed by atoms with Gasteiger partial charge in [-0.15, -0.1) is 13.2 Å². The van der Waals surface area contributed by atoms with Crippen molar-refractivity contribution >= 4 is 17.6 Å². The van der Waals surface area contributed by atoms with E-state index in [1.54, 1.807) is 13.8 Å². The number of halogens is 3. The van der Waals surface area contributed by atoms with Crippen LogP contribution < -0.4 is 9.64 Å². The number of amides is 1. The van der Waals surface area contributed by atoms with Crippen molar-refractivity contribution in [2.75, 3.05) is 11.5 Å². The highest BCUT2D eigenvalue weighted by Gasteiger charge is 2.36. The molecule has 1 atom stereocenters. The van der Waals surface area contributed by atoms with Gasteiger partial charge in [0.05, 0.1) is 25.4 Å². The molecule has 0 unspecified atom stereocenters. The van der Waals surface area contributed by atoms with Crippen LogP contribution in [0.2, 0.25) is 0 Å². The Kier molecular flexibility index (Phi) is 4.81. The van der Waals surface area contributed by atoms with E-state index in [9.17, 15) is 22.8 Å². The molecule has 0 N–H and O–H groups in total. The molecule has 0 spiro atoms. The van der Waals surface area contributed by atoms with Gasteiger partial charge in [0, 0.05) is 5.69 Å². The summed E-state index contributed by atoms with van der Waals surface area (Å²) in [5.74, 6) is -1.53. The predicted molar refractivity (Wildman–Crippen MR) is 87.6 cm³/mol. The average Bonchev–Trinajstić information content (AvgIpc) is 2.99. The normalized spacial score (nSPS) is 16.9. The van der Waals surface area contributed by atoms with Crippen LogP contribution in [0.15, 0.2) is 30.5 Å². The molecule has 0 saturated carbocycles. The minimum absolute atomic E-state index is 0.0516. The number of nitrogens with zero attached hydrogens (tertiary/aromatic N) is 3. The average molecular weight is 383 g/mol. The van der Waals surface area contributed by atoms with E-state index in [2.05, 4.69) is 9.84 Å². The molecule has 3 rings (SSSR count). The summed E-state index contributed by atoms with van der Waals surface area (Å²) in [6.07, 6.45) is -3.52. The van der Waals surface area contributed by atoms with E-state index in [4.69, 9.17) is 4.74 Å². The van der Waals surface area contributed by atoms with Gasteiger partial charge in [-0.2, -0.15) is 5.10 Å². The highest BCUT2D eigenvalue weighted by molar-refractivity contribution is 6.12. The first-order chi connectivity index (χ1) is 12.7. The number of hydrogen-bond donors (Lipinski definition) is 0. The second-order valence-corrected chi connectivity index (χ2v) is 5.88. The molecule has 0 saturated heterocycles. The lowest BCUT2D eigenvalue weighted by Gasteiger charge is -2.34. The van der Waals surface area contributed by atoms with E-state index < -0.39 is 18.2 Å². The van der Waals surface area contributed by atoms with Crippen LogP contribution >= 0.6 is 0 Å². The summed E-state index contributed by atoms with van der Waals surface area (Å²) in [5, 5.41) is 4.07. The van der Waals surface area contributed by atoms with Crippen molar-refractivity contribution in [2.24, 2.45) is 0 Å². The van der Waals surface area contributed by atoms with Gasteiger partial charge in [-0.3, -0.25) is 9.48 Å². The van der Waals surface area contributed by atoms with Crippen molar-refractivity contribution in [1.82, 2.24) is 9.78 Å². The quantitative estimate of drug-likeness (QED) is 0.759. The molecule has 0 radical (unpaired) electrons. The second kappa shape index (κ2) is 6.93. The van der Waals surface area contributed by atoms with Crippen LogP contribution in [-0.2, 0) is 11.3 Å². The zero-order chi connectivity index (χ0) is 19.8. The Morgan fingerprint density at radius 1 is 1.30 bits per heavy atom. The van der Waals surface area contributed by atoms with E-state index in [1.807, 2.05) is 0 Å². The Morgan fingerprint density at radius 3 is 2.56 bits per heavy atom. The first-order valence-electron chi connectivity index (χ1n) is 8.13. The van der Waals surface area contributed by atoms with Crippen LogP contribution in [-0.4, -0.2) is 40.7 Å². The fraction of sp³-hybridized carbons (Fsp3) is 0.353. The second-order valence-electron chi connectivity index (χ2n) is 5.88. The zero-order valence-corrected chi connectivity index (χ0v) is 14.5. The third kappa shape index (κ3) is 3.74. The first-order valence-corrected chi connectivity index (χ1v) is 8.13. The molecule has 1 aromatic heterocycles. The lowest BCUT2D eigenvalue weighted by molar-refractivity contribution is -0.274. The first kappa shape index (κ1) is 18.7. The molecule has 7 nitrogen and oxygen atoms in total. The number of hydrogen-bond acceptors (Lipinski definition) is 5. The highest BCUT2D eigenvalue weighted by Crippen LogP contribution is 2.30. The standard InChI is InChI=1S/C17H16F3N3O4/c1-3-26-16(25)13-8-21-22-9-10(2)23(15(24)14(13)22)11-4-6-12(7-5-11)27-17(18,19)20/h4-8,10H,3,9H2,1-2H3/t10-/m0/s1. The Bertz CT molecular complexity index is 861. The number of carbonyl (C=O) groups excluding carboxylic acids is 2. The largest absolute Gasteiger partial charge is 0.573 e. The summed E-state index contributed by atoms with van der Waals surface area (Å²) in [6.45, 7) is 3.89. The predicted octanol–water partition coefficient (Wildman–Crippen LogP) is 3.01. The molecule has 2 heterocycles. The maximum absolute atomic E-state index is 13.0. The van der Waals surface area contributed by atoms with Crippen LogP contribution in [0.5, 0.6) is 5.75 Å². The Morgan fingerprint density at radius 2 is 1.96 bits per heavy atom. The fourth-order valence-corrected chi connectivity index (χ4v) is 2.93. The number of carbonyl (C=O) groups is 2. The maximum atomic E-state index is 13.0. The van der Waals surface area contributed by atoms with Crippen LogP contribution in [0, 0.1) is 0 Å². The molecular weight excluding hydrogens is 367 g/mol. The van der Waals surface area contributed by atoms with Crippen molar-refractivity contribution in [3.63, 3.8) is 0 Å². The van der Waals surface area contributed by atoms with Gasteiger partial charge in [-0.25, -0.2) is 4.79 Å². The molecule has 2 aromatic rings. The van der Waals surface area contributed by atoms with Crippen molar-refractivity contribution in [3.8, 4) is 5.75 Å². The van der Waals surface area contributed by atoms with Gasteiger partial charge in [0.1, 0.15) is 17.0 Å². The molecule has 10 heteroatoms. The van der Waals surface area contributed by atoms with E-state index in [-0.39, 0.29) is 29.7 Å². The van der Waals surface area contributed by atoms with Crippen LogP contribution in [0.3, 0.4) is 0 Å². The summed E-state index contributed by atoms with van der Waals surface area (Å²) in [4.78, 5) is 26.4. The zero-order valence-electron chi connectivity index (χ0n) is 14.5. The fourth-order valence-electron chi connectivity index (χ4n) is 2.93. The molecule has 0 aliphatic carbocycles. The van der Waals surface area contributed by atoms with Gasteiger partial charge in [0.25, 0.3) is 5.91 Å². The number of fused-ring (bicyclic) bond motifs is 1. The molecule has 27 heavy (non-hydrogen) atoms. The number of alkyl halides is 3. The summed E-state index contributed by atoms with van der Waals surface area (Å²) in [6, 6.07) is 4.63. The smallest absolute Gasteiger partial charge is 0.462 e. The van der Waals surface area contributed by atoms with Crippen LogP contribution in [0.1, 0.15) is 34.7 Å². The topological polar surface area (TPSA) is 73.7 Å². The van der Waals surface area contributed by atoms with Crippen molar-refractivity contribution in [2.45, 2.75) is 32.8 Å². The summed E-state index contributed by atoms with van der Waals surface area (Å²) >= 11 is 0. The van der Waals surface area contributed by atoms with Crippen LogP contribution in [0.4, 0.5) is 18.9 Å². The van der Waals surface area contributed by atoms with E-state index >= 15 is 0 Å². The molecule has 1 aliphatic rings. The van der Waals surface area contributed by atoms with Gasteiger partial charge < -0.3 is 14.4 Å². The molecule has 1 aliphatic heterocycles. The van der Waals surface area contributed by atoms with Crippen molar-refractivity contribution in [3.05, 3.63) is 41.7 Å². The number of anilines is 1. The SMILES string of the molecule is CCOC(=O)c1cnn2c1C(=O)N(c1ccc(OC(F)(F)F)cc1)[C@@H](C)C2. The Balaban J connectivity index is 1.91. The molecule has 1 aromatic carbocycles. The monoisotopic (exact) mass is 383 g/mol. The highest BCUT2D eigenvalue weighted by atomic mass is 19.4. The van der Waals surface area contributed by atoms with Gasteiger partial charge >= 0.3 is 12.3 Å². The Labute approximate surface area is 152 Å². The lowest BCUT2D eigenvalue weighted by atomic mass is 10.1. The van der Waals surface area contributed by atoms with Gasteiger partial charge in [0.2, 0.25) is 0 Å². The third-order valence-electron chi connectivity index (χ3n) is 3.98. The minimum atomic E-state index is -4.79. The Hall–Kier alpha value is -3.04. The number of aromatic nitrogens is 2. The third-order valence-corrected chi connectivity index (χ3v) is 3.98. The number of rotatable bonds is 4. The van der Waals surface area contributed by atoms with Gasteiger partial charge in [-0.05, 0) is 38.1 Å².